The average Bonchev–Trinajstić information content (AvgIpc) is 2.81. The minimum Gasteiger partial charge on any atom is -0.377 e. The highest BCUT2D eigenvalue weighted by Gasteiger charge is 2.30. The van der Waals surface area contributed by atoms with Crippen LogP contribution in [-0.4, -0.2) is 28.8 Å². The van der Waals surface area contributed by atoms with Crippen molar-refractivity contribution < 1.29 is 9.53 Å². The third kappa shape index (κ3) is 2.41. The molecule has 1 fully saturated rings. The highest BCUT2D eigenvalue weighted by Crippen LogP contribution is 2.24. The lowest BCUT2D eigenvalue weighted by Gasteiger charge is -2.29. The fourth-order valence-corrected chi connectivity index (χ4v) is 2.10. The number of carbonyl (C=O) groups is 1. The van der Waals surface area contributed by atoms with Crippen LogP contribution in [-0.2, 0) is 9.53 Å². The summed E-state index contributed by atoms with van der Waals surface area (Å²) in [6, 6.07) is 0. The predicted octanol–water partition coefficient (Wildman–Crippen LogP) is 1.55. The molecule has 0 spiro atoms. The van der Waals surface area contributed by atoms with Gasteiger partial charge in [0.05, 0.1) is 23.9 Å². The summed E-state index contributed by atoms with van der Waals surface area (Å²) in [4.78, 5) is 12.0. The maximum atomic E-state index is 12.0. The van der Waals surface area contributed by atoms with Crippen molar-refractivity contribution in [2.24, 2.45) is 5.92 Å². The predicted molar refractivity (Wildman–Crippen MR) is 60.0 cm³/mol. The lowest BCUT2D eigenvalue weighted by atomic mass is 9.92. The number of hydrogen-bond donors (Lipinski definition) is 2. The first kappa shape index (κ1) is 11.1. The first-order chi connectivity index (χ1) is 7.81. The molecule has 2 N–H and O–H groups in total. The maximum absolute atomic E-state index is 12.0. The zero-order valence-corrected chi connectivity index (χ0v) is 9.40. The number of carbonyl (C=O) groups excluding carboxylic acids is 1. The molecule has 0 radical (unpaired) electrons. The molecule has 16 heavy (non-hydrogen) atoms. The number of rotatable bonds is 3. The number of ether oxygens (including phenoxy) is 1. The Morgan fingerprint density at radius 3 is 3.31 bits per heavy atom. The highest BCUT2D eigenvalue weighted by molar-refractivity contribution is 5.92. The van der Waals surface area contributed by atoms with Gasteiger partial charge in [-0.1, -0.05) is 6.92 Å². The van der Waals surface area contributed by atoms with Crippen molar-refractivity contribution in [3.63, 3.8) is 0 Å². The molecule has 2 rings (SSSR count). The number of nitrogens with zero attached hydrogens (tertiary/aromatic N) is 1. The van der Waals surface area contributed by atoms with Gasteiger partial charge in [0.2, 0.25) is 5.91 Å². The molecule has 88 valence electrons. The van der Waals surface area contributed by atoms with E-state index < -0.39 is 0 Å². The minimum absolute atomic E-state index is 0.0337. The third-order valence-electron chi connectivity index (χ3n) is 2.95. The molecule has 0 aliphatic carbocycles. The maximum Gasteiger partial charge on any atom is 0.230 e. The van der Waals surface area contributed by atoms with Gasteiger partial charge in [-0.05, 0) is 19.3 Å². The van der Waals surface area contributed by atoms with E-state index in [0.717, 1.165) is 25.9 Å². The van der Waals surface area contributed by atoms with Gasteiger partial charge in [0.15, 0.2) is 0 Å². The van der Waals surface area contributed by atoms with E-state index in [2.05, 4.69) is 15.5 Å². The summed E-state index contributed by atoms with van der Waals surface area (Å²) in [5, 5.41) is 9.30. The normalized spacial score (nSPS) is 25.3. The average molecular weight is 223 g/mol. The van der Waals surface area contributed by atoms with E-state index in [-0.39, 0.29) is 17.9 Å². The fourth-order valence-electron chi connectivity index (χ4n) is 2.10. The molecule has 2 atom stereocenters. The molecule has 2 heterocycles. The molecule has 1 amide bonds. The van der Waals surface area contributed by atoms with Gasteiger partial charge in [-0.25, -0.2) is 0 Å². The van der Waals surface area contributed by atoms with Crippen LogP contribution in [0, 0.1) is 5.92 Å². The van der Waals surface area contributed by atoms with Gasteiger partial charge in [-0.3, -0.25) is 9.89 Å². The van der Waals surface area contributed by atoms with Crippen molar-refractivity contribution in [3.05, 3.63) is 12.4 Å². The Bertz CT molecular complexity index is 337. The van der Waals surface area contributed by atoms with Crippen LogP contribution in [0.3, 0.4) is 0 Å². The summed E-state index contributed by atoms with van der Waals surface area (Å²) in [5.74, 6) is 0.00148. The number of H-pyrrole nitrogens is 1. The summed E-state index contributed by atoms with van der Waals surface area (Å²) in [7, 11) is 0. The number of aromatic amines is 1. The van der Waals surface area contributed by atoms with Gasteiger partial charge in [0, 0.05) is 12.8 Å². The lowest BCUT2D eigenvalue weighted by Crippen LogP contribution is -2.37. The summed E-state index contributed by atoms with van der Waals surface area (Å²) < 4.78 is 5.60. The van der Waals surface area contributed by atoms with Gasteiger partial charge < -0.3 is 10.1 Å². The van der Waals surface area contributed by atoms with Gasteiger partial charge in [0.1, 0.15) is 0 Å². The molecule has 1 saturated heterocycles. The van der Waals surface area contributed by atoms with E-state index in [0.29, 0.717) is 5.69 Å². The molecule has 1 aliphatic heterocycles. The van der Waals surface area contributed by atoms with Crippen LogP contribution in [0.5, 0.6) is 0 Å². The van der Waals surface area contributed by atoms with E-state index in [1.165, 1.54) is 0 Å². The molecule has 0 saturated carbocycles. The number of nitrogens with one attached hydrogen (secondary N) is 2. The number of aromatic nitrogens is 2. The van der Waals surface area contributed by atoms with Gasteiger partial charge in [-0.15, -0.1) is 0 Å². The zero-order valence-electron chi connectivity index (χ0n) is 9.40. The molecule has 1 aromatic rings. The van der Waals surface area contributed by atoms with E-state index in [4.69, 9.17) is 4.74 Å². The number of amides is 1. The minimum atomic E-state index is -0.0337. The monoisotopic (exact) mass is 223 g/mol. The summed E-state index contributed by atoms with van der Waals surface area (Å²) in [6.45, 7) is 2.82. The van der Waals surface area contributed by atoms with E-state index in [9.17, 15) is 4.79 Å². The quantitative estimate of drug-likeness (QED) is 0.817. The topological polar surface area (TPSA) is 67.0 Å². The fraction of sp³-hybridized carbons (Fsp3) is 0.636. The second kappa shape index (κ2) is 5.12. The SMILES string of the molecule is CCC1OCCCC1C(=O)Nc1cn[nH]c1. The van der Waals surface area contributed by atoms with Crippen molar-refractivity contribution in [1.82, 2.24) is 10.2 Å². The molecule has 1 aromatic heterocycles. The Morgan fingerprint density at radius 2 is 2.62 bits per heavy atom. The van der Waals surface area contributed by atoms with Gasteiger partial charge in [-0.2, -0.15) is 5.10 Å². The van der Waals surface area contributed by atoms with Gasteiger partial charge in [0.25, 0.3) is 0 Å². The Morgan fingerprint density at radius 1 is 1.75 bits per heavy atom. The standard InChI is InChI=1S/C11H17N3O2/c1-2-10-9(4-3-5-16-10)11(15)14-8-6-12-13-7-8/h6-7,9-10H,2-5H2,1H3,(H,12,13)(H,14,15). The van der Waals surface area contributed by atoms with Crippen LogP contribution in [0.4, 0.5) is 5.69 Å². The highest BCUT2D eigenvalue weighted by atomic mass is 16.5. The van der Waals surface area contributed by atoms with Crippen molar-refractivity contribution in [2.45, 2.75) is 32.3 Å². The Balaban J connectivity index is 1.97. The van der Waals surface area contributed by atoms with Gasteiger partial charge >= 0.3 is 0 Å². The number of hydrogen-bond acceptors (Lipinski definition) is 3. The smallest absolute Gasteiger partial charge is 0.230 e. The molecule has 5 heteroatoms. The number of anilines is 1. The zero-order chi connectivity index (χ0) is 11.4. The van der Waals surface area contributed by atoms with Crippen LogP contribution >= 0.6 is 0 Å². The molecule has 0 aromatic carbocycles. The molecule has 5 nitrogen and oxygen atoms in total. The van der Waals surface area contributed by atoms with Crippen LogP contribution in [0.1, 0.15) is 26.2 Å². The van der Waals surface area contributed by atoms with Crippen LogP contribution < -0.4 is 5.32 Å². The van der Waals surface area contributed by atoms with Crippen LogP contribution in [0.2, 0.25) is 0 Å². The first-order valence-corrected chi connectivity index (χ1v) is 5.72. The second-order valence-corrected chi connectivity index (χ2v) is 4.04. The van der Waals surface area contributed by atoms with E-state index >= 15 is 0 Å². The molecular formula is C11H17N3O2. The molecule has 2 unspecified atom stereocenters. The molecule has 1 aliphatic rings. The Hall–Kier alpha value is -1.36. The Kier molecular flexibility index (Phi) is 3.56. The Labute approximate surface area is 94.6 Å². The van der Waals surface area contributed by atoms with Crippen molar-refractivity contribution in [1.29, 1.82) is 0 Å². The second-order valence-electron chi connectivity index (χ2n) is 4.04. The summed E-state index contributed by atoms with van der Waals surface area (Å²) in [5.41, 5.74) is 0.713. The largest absolute Gasteiger partial charge is 0.377 e. The van der Waals surface area contributed by atoms with Crippen LogP contribution in [0.15, 0.2) is 12.4 Å². The summed E-state index contributed by atoms with van der Waals surface area (Å²) in [6.07, 6.45) is 6.07. The molecular weight excluding hydrogens is 206 g/mol. The van der Waals surface area contributed by atoms with E-state index in [1.54, 1.807) is 12.4 Å². The van der Waals surface area contributed by atoms with Crippen molar-refractivity contribution in [2.75, 3.05) is 11.9 Å². The molecule has 0 bridgehead atoms. The first-order valence-electron chi connectivity index (χ1n) is 5.72. The summed E-state index contributed by atoms with van der Waals surface area (Å²) >= 11 is 0. The van der Waals surface area contributed by atoms with Crippen molar-refractivity contribution in [3.8, 4) is 0 Å². The van der Waals surface area contributed by atoms with Crippen LogP contribution in [0.25, 0.3) is 0 Å². The van der Waals surface area contributed by atoms with Crippen molar-refractivity contribution >= 4 is 11.6 Å². The lowest BCUT2D eigenvalue weighted by molar-refractivity contribution is -0.129. The third-order valence-corrected chi connectivity index (χ3v) is 2.95. The van der Waals surface area contributed by atoms with E-state index in [1.807, 2.05) is 6.92 Å².